The molecule has 0 saturated heterocycles. The molecule has 0 aromatic heterocycles. The summed E-state index contributed by atoms with van der Waals surface area (Å²) in [5.41, 5.74) is 3.46. The Balaban J connectivity index is 1.88. The van der Waals surface area contributed by atoms with Crippen molar-refractivity contribution in [2.24, 2.45) is 5.10 Å². The molecule has 1 aliphatic rings. The molecule has 1 heterocycles. The highest BCUT2D eigenvalue weighted by molar-refractivity contribution is 7.89. The van der Waals surface area contributed by atoms with E-state index >= 15 is 0 Å². The van der Waals surface area contributed by atoms with Gasteiger partial charge in [0.1, 0.15) is 5.71 Å². The third kappa shape index (κ3) is 4.39. The molecule has 0 unspecified atom stereocenters. The molecule has 1 aliphatic heterocycles. The van der Waals surface area contributed by atoms with Gasteiger partial charge in [-0.2, -0.15) is 9.41 Å². The second-order valence-electron chi connectivity index (χ2n) is 5.49. The zero-order valence-corrected chi connectivity index (χ0v) is 14.4. The lowest BCUT2D eigenvalue weighted by molar-refractivity contribution is -0.121. The molecule has 0 fully saturated rings. The number of hydrogen-bond donors (Lipinski definition) is 2. The summed E-state index contributed by atoms with van der Waals surface area (Å²) in [7, 11) is -2.13. The van der Waals surface area contributed by atoms with E-state index in [1.165, 1.54) is 11.4 Å². The Kier molecular flexibility index (Phi) is 5.68. The number of likely N-dealkylation sites (N-methyl/N-ethyl adjacent to an activating group) is 1. The molecule has 0 saturated carbocycles. The van der Waals surface area contributed by atoms with Gasteiger partial charge in [-0.3, -0.25) is 9.59 Å². The number of nitrogens with zero attached hydrogens (tertiary/aromatic N) is 2. The molecule has 1 aromatic carbocycles. The Morgan fingerprint density at radius 3 is 2.54 bits per heavy atom. The average Bonchev–Trinajstić information content (AvgIpc) is 2.55. The monoisotopic (exact) mass is 352 g/mol. The van der Waals surface area contributed by atoms with Gasteiger partial charge in [-0.1, -0.05) is 17.7 Å². The molecule has 24 heavy (non-hydrogen) atoms. The molecule has 0 radical (unpaired) electrons. The van der Waals surface area contributed by atoms with Crippen molar-refractivity contribution in [1.82, 2.24) is 15.0 Å². The maximum absolute atomic E-state index is 12.4. The third-order valence-electron chi connectivity index (χ3n) is 3.61. The Morgan fingerprint density at radius 1 is 1.29 bits per heavy atom. The summed E-state index contributed by atoms with van der Waals surface area (Å²) in [5, 5.41) is 6.29. The first-order valence-corrected chi connectivity index (χ1v) is 8.91. The molecule has 9 heteroatoms. The summed E-state index contributed by atoms with van der Waals surface area (Å²) in [5.74, 6) is -0.633. The fourth-order valence-corrected chi connectivity index (χ4v) is 3.25. The second kappa shape index (κ2) is 7.54. The molecule has 0 bridgehead atoms. The van der Waals surface area contributed by atoms with Gasteiger partial charge in [-0.05, 0) is 19.1 Å². The van der Waals surface area contributed by atoms with E-state index in [4.69, 9.17) is 0 Å². The fourth-order valence-electron chi connectivity index (χ4n) is 2.08. The van der Waals surface area contributed by atoms with Crippen LogP contribution in [0.4, 0.5) is 0 Å². The van der Waals surface area contributed by atoms with Gasteiger partial charge < -0.3 is 5.32 Å². The number of aryl methyl sites for hydroxylation is 1. The largest absolute Gasteiger partial charge is 0.350 e. The quantitative estimate of drug-likeness (QED) is 0.751. The van der Waals surface area contributed by atoms with E-state index in [0.717, 1.165) is 5.56 Å². The lowest BCUT2D eigenvalue weighted by Crippen LogP contribution is -2.41. The van der Waals surface area contributed by atoms with E-state index in [-0.39, 0.29) is 42.4 Å². The number of nitrogens with one attached hydrogen (secondary N) is 2. The van der Waals surface area contributed by atoms with Crippen molar-refractivity contribution in [2.45, 2.75) is 24.7 Å². The summed E-state index contributed by atoms with van der Waals surface area (Å²) in [6.45, 7) is 2.15. The van der Waals surface area contributed by atoms with E-state index in [0.29, 0.717) is 0 Å². The first kappa shape index (κ1) is 18.1. The van der Waals surface area contributed by atoms with Gasteiger partial charge in [0.25, 0.3) is 5.91 Å². The Bertz CT molecular complexity index is 756. The number of carbonyl (C=O) groups excluding carboxylic acids is 2. The predicted octanol–water partition coefficient (Wildman–Crippen LogP) is -0.00228. The first-order valence-electron chi connectivity index (χ1n) is 7.47. The van der Waals surface area contributed by atoms with E-state index in [1.807, 2.05) is 6.92 Å². The molecule has 0 atom stereocenters. The van der Waals surface area contributed by atoms with Crippen LogP contribution in [0.5, 0.6) is 0 Å². The van der Waals surface area contributed by atoms with Crippen molar-refractivity contribution < 1.29 is 18.0 Å². The standard InChI is InChI=1S/C15H20N4O4S/c1-11-3-5-12(6-4-11)24(22,23)19(2)10-9-16-15(21)13-7-8-14(20)18-17-13/h3-6H,7-10H2,1-2H3,(H,16,21)(H,18,20). The zero-order valence-electron chi connectivity index (χ0n) is 13.6. The number of benzene rings is 1. The highest BCUT2D eigenvalue weighted by atomic mass is 32.2. The maximum atomic E-state index is 12.4. The van der Waals surface area contributed by atoms with Crippen molar-refractivity contribution in [3.8, 4) is 0 Å². The van der Waals surface area contributed by atoms with Crippen LogP contribution in [0.3, 0.4) is 0 Å². The third-order valence-corrected chi connectivity index (χ3v) is 5.48. The summed E-state index contributed by atoms with van der Waals surface area (Å²) in [6, 6.07) is 6.58. The van der Waals surface area contributed by atoms with Crippen molar-refractivity contribution in [2.75, 3.05) is 20.1 Å². The minimum Gasteiger partial charge on any atom is -0.350 e. The fraction of sp³-hybridized carbons (Fsp3) is 0.400. The molecule has 130 valence electrons. The lowest BCUT2D eigenvalue weighted by Gasteiger charge is -2.18. The van der Waals surface area contributed by atoms with Gasteiger partial charge in [0, 0.05) is 33.0 Å². The van der Waals surface area contributed by atoms with Crippen LogP contribution in [0, 0.1) is 6.92 Å². The Hall–Kier alpha value is -2.26. The van der Waals surface area contributed by atoms with Crippen molar-refractivity contribution in [3.63, 3.8) is 0 Å². The molecule has 2 N–H and O–H groups in total. The minimum atomic E-state index is -3.59. The van der Waals surface area contributed by atoms with Gasteiger partial charge in [0.15, 0.2) is 0 Å². The van der Waals surface area contributed by atoms with E-state index < -0.39 is 15.9 Å². The second-order valence-corrected chi connectivity index (χ2v) is 7.53. The van der Waals surface area contributed by atoms with Crippen LogP contribution < -0.4 is 10.7 Å². The summed E-state index contributed by atoms with van der Waals surface area (Å²) < 4.78 is 26.0. The van der Waals surface area contributed by atoms with E-state index in [2.05, 4.69) is 15.8 Å². The first-order chi connectivity index (χ1) is 11.3. The topological polar surface area (TPSA) is 108 Å². The Labute approximate surface area is 141 Å². The number of hydrazone groups is 1. The van der Waals surface area contributed by atoms with Crippen molar-refractivity contribution in [1.29, 1.82) is 0 Å². The van der Waals surface area contributed by atoms with Crippen molar-refractivity contribution in [3.05, 3.63) is 29.8 Å². The molecule has 8 nitrogen and oxygen atoms in total. The highest BCUT2D eigenvalue weighted by Crippen LogP contribution is 2.14. The van der Waals surface area contributed by atoms with Crippen LogP contribution in [0.15, 0.2) is 34.3 Å². The van der Waals surface area contributed by atoms with Crippen LogP contribution in [0.1, 0.15) is 18.4 Å². The number of carbonyl (C=O) groups is 2. The number of sulfonamides is 1. The number of rotatable bonds is 6. The minimum absolute atomic E-state index is 0.127. The zero-order chi connectivity index (χ0) is 17.7. The van der Waals surface area contributed by atoms with Crippen LogP contribution in [0.25, 0.3) is 0 Å². The molecular weight excluding hydrogens is 332 g/mol. The molecule has 0 aliphatic carbocycles. The van der Waals surface area contributed by atoms with E-state index in [1.54, 1.807) is 24.3 Å². The molecular formula is C15H20N4O4S. The van der Waals surface area contributed by atoms with Gasteiger partial charge >= 0.3 is 0 Å². The smallest absolute Gasteiger partial charge is 0.267 e. The SMILES string of the molecule is Cc1ccc(S(=O)(=O)N(C)CCNC(=O)C2=NNC(=O)CC2)cc1. The van der Waals surface area contributed by atoms with Gasteiger partial charge in [-0.15, -0.1) is 0 Å². The summed E-state index contributed by atoms with van der Waals surface area (Å²) in [4.78, 5) is 23.1. The van der Waals surface area contributed by atoms with Gasteiger partial charge in [-0.25, -0.2) is 13.8 Å². The average molecular weight is 352 g/mol. The Morgan fingerprint density at radius 2 is 1.96 bits per heavy atom. The van der Waals surface area contributed by atoms with Crippen LogP contribution in [0.2, 0.25) is 0 Å². The summed E-state index contributed by atoms with van der Waals surface area (Å²) in [6.07, 6.45) is 0.489. The predicted molar refractivity (Wildman–Crippen MR) is 88.8 cm³/mol. The summed E-state index contributed by atoms with van der Waals surface area (Å²) >= 11 is 0. The molecule has 2 rings (SSSR count). The lowest BCUT2D eigenvalue weighted by atomic mass is 10.1. The molecule has 2 amide bonds. The van der Waals surface area contributed by atoms with Gasteiger partial charge in [0.05, 0.1) is 4.90 Å². The van der Waals surface area contributed by atoms with Crippen LogP contribution >= 0.6 is 0 Å². The van der Waals surface area contributed by atoms with Crippen LogP contribution in [-0.2, 0) is 19.6 Å². The molecule has 0 spiro atoms. The van der Waals surface area contributed by atoms with Gasteiger partial charge in [0.2, 0.25) is 15.9 Å². The number of hydrogen-bond acceptors (Lipinski definition) is 5. The van der Waals surface area contributed by atoms with Crippen LogP contribution in [-0.4, -0.2) is 50.4 Å². The highest BCUT2D eigenvalue weighted by Gasteiger charge is 2.21. The molecule has 1 aromatic rings. The number of amides is 2. The van der Waals surface area contributed by atoms with Crippen molar-refractivity contribution >= 4 is 27.5 Å². The van der Waals surface area contributed by atoms with E-state index in [9.17, 15) is 18.0 Å². The maximum Gasteiger partial charge on any atom is 0.267 e. The normalized spacial score (nSPS) is 15.0.